The van der Waals surface area contributed by atoms with Crippen molar-refractivity contribution in [3.05, 3.63) is 77.6 Å². The summed E-state index contributed by atoms with van der Waals surface area (Å²) in [4.78, 5) is 28.2. The molecule has 138 valence electrons. The van der Waals surface area contributed by atoms with E-state index >= 15 is 0 Å². The van der Waals surface area contributed by atoms with Gasteiger partial charge in [-0.2, -0.15) is 0 Å². The molecule has 3 aromatic rings. The zero-order valence-electron chi connectivity index (χ0n) is 15.0. The van der Waals surface area contributed by atoms with Gasteiger partial charge in [-0.3, -0.25) is 9.36 Å². The van der Waals surface area contributed by atoms with Crippen molar-refractivity contribution in [1.29, 1.82) is 0 Å². The molecular formula is C20H19N3O3S. The van der Waals surface area contributed by atoms with Crippen molar-refractivity contribution >= 4 is 23.6 Å². The Labute approximate surface area is 161 Å². The Hall–Kier alpha value is -3.06. The second-order valence-corrected chi connectivity index (χ2v) is 6.48. The number of esters is 1. The Bertz CT molecular complexity index is 951. The molecule has 0 saturated heterocycles. The number of imidazole rings is 1. The number of ether oxygens (including phenoxy) is 1. The number of nitrogens with zero attached hydrogens (tertiary/aromatic N) is 2. The normalized spacial score (nSPS) is 10.4. The Kier molecular flexibility index (Phi) is 5.93. The third-order valence-electron chi connectivity index (χ3n) is 4.00. The van der Waals surface area contributed by atoms with E-state index in [-0.39, 0.29) is 11.9 Å². The van der Waals surface area contributed by atoms with Gasteiger partial charge in [-0.1, -0.05) is 30.0 Å². The summed E-state index contributed by atoms with van der Waals surface area (Å²) in [6.07, 6.45) is 5.56. The van der Waals surface area contributed by atoms with Crippen LogP contribution in [0.15, 0.2) is 66.1 Å². The van der Waals surface area contributed by atoms with E-state index in [1.54, 1.807) is 48.3 Å². The lowest BCUT2D eigenvalue weighted by Gasteiger charge is -2.09. The minimum Gasteiger partial charge on any atom is -0.465 e. The monoisotopic (exact) mass is 381 g/mol. The van der Waals surface area contributed by atoms with Gasteiger partial charge in [-0.05, 0) is 42.2 Å². The predicted octanol–water partition coefficient (Wildman–Crippen LogP) is 3.31. The lowest BCUT2D eigenvalue weighted by atomic mass is 10.1. The van der Waals surface area contributed by atoms with Crippen LogP contribution in [0.3, 0.4) is 0 Å². The molecule has 27 heavy (non-hydrogen) atoms. The fourth-order valence-corrected chi connectivity index (χ4v) is 3.12. The smallest absolute Gasteiger partial charge is 0.337 e. The molecule has 0 bridgehead atoms. The molecule has 0 aliphatic rings. The summed E-state index contributed by atoms with van der Waals surface area (Å²) in [6.45, 7) is 0.367. The van der Waals surface area contributed by atoms with Gasteiger partial charge >= 0.3 is 5.97 Å². The van der Waals surface area contributed by atoms with Gasteiger partial charge in [0.1, 0.15) is 0 Å². The minimum atomic E-state index is -0.383. The van der Waals surface area contributed by atoms with Crippen LogP contribution in [0, 0.1) is 0 Å². The average molecular weight is 381 g/mol. The van der Waals surface area contributed by atoms with Gasteiger partial charge in [0, 0.05) is 30.2 Å². The molecule has 7 heteroatoms. The highest BCUT2D eigenvalue weighted by Gasteiger charge is 2.10. The van der Waals surface area contributed by atoms with E-state index in [0.717, 1.165) is 16.4 Å². The molecule has 0 unspecified atom stereocenters. The summed E-state index contributed by atoms with van der Waals surface area (Å²) in [6, 6.07) is 14.3. The Morgan fingerprint density at radius 3 is 2.63 bits per heavy atom. The van der Waals surface area contributed by atoms with Crippen LogP contribution < -0.4 is 5.32 Å². The van der Waals surface area contributed by atoms with Gasteiger partial charge in [0.2, 0.25) is 0 Å². The van der Waals surface area contributed by atoms with Crippen molar-refractivity contribution < 1.29 is 14.3 Å². The molecule has 0 radical (unpaired) electrons. The second kappa shape index (κ2) is 8.55. The second-order valence-electron chi connectivity index (χ2n) is 5.71. The highest BCUT2D eigenvalue weighted by atomic mass is 32.2. The van der Waals surface area contributed by atoms with Crippen LogP contribution in [-0.4, -0.2) is 34.8 Å². The van der Waals surface area contributed by atoms with Crippen LogP contribution in [-0.2, 0) is 11.3 Å². The molecule has 0 atom stereocenters. The van der Waals surface area contributed by atoms with Crippen LogP contribution in [0.1, 0.15) is 26.3 Å². The fourth-order valence-electron chi connectivity index (χ4n) is 2.60. The van der Waals surface area contributed by atoms with E-state index in [9.17, 15) is 9.59 Å². The Balaban J connectivity index is 1.68. The number of rotatable bonds is 6. The zero-order valence-corrected chi connectivity index (χ0v) is 15.8. The van der Waals surface area contributed by atoms with Crippen LogP contribution >= 0.6 is 11.8 Å². The highest BCUT2D eigenvalue weighted by Crippen LogP contribution is 2.19. The maximum Gasteiger partial charge on any atom is 0.337 e. The van der Waals surface area contributed by atoms with E-state index in [1.807, 2.05) is 35.2 Å². The summed E-state index contributed by atoms with van der Waals surface area (Å²) in [5.74, 6) is -0.550. The zero-order chi connectivity index (χ0) is 19.2. The lowest BCUT2D eigenvalue weighted by molar-refractivity contribution is 0.0600. The average Bonchev–Trinajstić information content (AvgIpc) is 3.21. The van der Waals surface area contributed by atoms with Crippen LogP contribution in [0.25, 0.3) is 5.69 Å². The summed E-state index contributed by atoms with van der Waals surface area (Å²) in [5.41, 5.74) is 2.82. The first-order chi connectivity index (χ1) is 13.1. The number of thioether (sulfide) groups is 1. The molecule has 1 N–H and O–H groups in total. The molecule has 0 aliphatic carbocycles. The van der Waals surface area contributed by atoms with Crippen LogP contribution in [0.5, 0.6) is 0 Å². The van der Waals surface area contributed by atoms with Crippen molar-refractivity contribution in [2.24, 2.45) is 0 Å². The summed E-state index contributed by atoms with van der Waals surface area (Å²) < 4.78 is 6.61. The Morgan fingerprint density at radius 2 is 1.93 bits per heavy atom. The van der Waals surface area contributed by atoms with Gasteiger partial charge in [-0.25, -0.2) is 9.78 Å². The van der Waals surface area contributed by atoms with Crippen molar-refractivity contribution in [1.82, 2.24) is 14.9 Å². The van der Waals surface area contributed by atoms with Crippen molar-refractivity contribution in [2.75, 3.05) is 13.4 Å². The maximum atomic E-state index is 12.5. The molecule has 1 amide bonds. The standard InChI is InChI=1S/C20H19N3O3S/c1-26-19(25)15-8-6-14(7-9-15)13-22-18(24)16-4-3-5-17(12-16)23-11-10-21-20(23)27-2/h3-12H,13H2,1-2H3,(H,22,24). The predicted molar refractivity (Wildman–Crippen MR) is 104 cm³/mol. The summed E-state index contributed by atoms with van der Waals surface area (Å²) in [7, 11) is 1.34. The fraction of sp³-hybridized carbons (Fsp3) is 0.150. The van der Waals surface area contributed by atoms with E-state index < -0.39 is 0 Å². The molecule has 1 heterocycles. The minimum absolute atomic E-state index is 0.167. The van der Waals surface area contributed by atoms with Gasteiger partial charge in [0.25, 0.3) is 5.91 Å². The number of carbonyl (C=O) groups is 2. The Morgan fingerprint density at radius 1 is 1.15 bits per heavy atom. The number of aromatic nitrogens is 2. The van der Waals surface area contributed by atoms with Crippen LogP contribution in [0.2, 0.25) is 0 Å². The quantitative estimate of drug-likeness (QED) is 0.524. The summed E-state index contributed by atoms with van der Waals surface area (Å²) >= 11 is 1.54. The molecule has 3 rings (SSSR count). The first-order valence-electron chi connectivity index (χ1n) is 8.25. The van der Waals surface area contributed by atoms with E-state index in [1.165, 1.54) is 7.11 Å². The molecule has 2 aromatic carbocycles. The van der Waals surface area contributed by atoms with Crippen LogP contribution in [0.4, 0.5) is 0 Å². The molecule has 0 saturated carbocycles. The molecular weight excluding hydrogens is 362 g/mol. The topological polar surface area (TPSA) is 73.2 Å². The largest absolute Gasteiger partial charge is 0.465 e. The highest BCUT2D eigenvalue weighted by molar-refractivity contribution is 7.98. The van der Waals surface area contributed by atoms with Gasteiger partial charge in [0.05, 0.1) is 12.7 Å². The number of amides is 1. The SMILES string of the molecule is COC(=O)c1ccc(CNC(=O)c2cccc(-n3ccnc3SC)c2)cc1. The maximum absolute atomic E-state index is 12.5. The van der Waals surface area contributed by atoms with Crippen molar-refractivity contribution in [3.63, 3.8) is 0 Å². The number of carbonyl (C=O) groups excluding carboxylic acids is 2. The van der Waals surface area contributed by atoms with E-state index in [0.29, 0.717) is 17.7 Å². The van der Waals surface area contributed by atoms with Crippen molar-refractivity contribution in [3.8, 4) is 5.69 Å². The molecule has 0 fully saturated rings. The molecule has 1 aromatic heterocycles. The lowest BCUT2D eigenvalue weighted by Crippen LogP contribution is -2.23. The number of benzene rings is 2. The third-order valence-corrected chi connectivity index (χ3v) is 4.67. The number of nitrogens with one attached hydrogen (secondary N) is 1. The molecule has 6 nitrogen and oxygen atoms in total. The number of hydrogen-bond donors (Lipinski definition) is 1. The number of hydrogen-bond acceptors (Lipinski definition) is 5. The van der Waals surface area contributed by atoms with Crippen molar-refractivity contribution in [2.45, 2.75) is 11.7 Å². The molecule has 0 spiro atoms. The molecule has 0 aliphatic heterocycles. The first-order valence-corrected chi connectivity index (χ1v) is 9.48. The van der Waals surface area contributed by atoms with Gasteiger partial charge in [0.15, 0.2) is 5.16 Å². The summed E-state index contributed by atoms with van der Waals surface area (Å²) in [5, 5.41) is 3.75. The first kappa shape index (κ1) is 18.7. The third kappa shape index (κ3) is 4.38. The van der Waals surface area contributed by atoms with Gasteiger partial charge in [-0.15, -0.1) is 0 Å². The number of methoxy groups -OCH3 is 1. The van der Waals surface area contributed by atoms with E-state index in [2.05, 4.69) is 15.0 Å². The van der Waals surface area contributed by atoms with E-state index in [4.69, 9.17) is 0 Å². The van der Waals surface area contributed by atoms with Gasteiger partial charge < -0.3 is 10.1 Å².